The fourth-order valence-corrected chi connectivity index (χ4v) is 1.48. The maximum atomic E-state index is 5.25. The topological polar surface area (TPSA) is 43.6 Å². The summed E-state index contributed by atoms with van der Waals surface area (Å²) in [6.07, 6.45) is 5.25. The number of aryl methyl sites for hydroxylation is 2. The molecule has 0 aliphatic rings. The molecule has 16 heavy (non-hydrogen) atoms. The van der Waals surface area contributed by atoms with E-state index in [1.807, 2.05) is 6.07 Å². The van der Waals surface area contributed by atoms with E-state index in [2.05, 4.69) is 47.4 Å². The van der Waals surface area contributed by atoms with Crippen molar-refractivity contribution in [2.24, 2.45) is 0 Å². The third-order valence-corrected chi connectivity index (χ3v) is 2.54. The van der Waals surface area contributed by atoms with Crippen LogP contribution in [0.5, 0.6) is 0 Å². The van der Waals surface area contributed by atoms with E-state index in [1.165, 1.54) is 11.1 Å². The molecule has 4 nitrogen and oxygen atoms in total. The van der Waals surface area contributed by atoms with Crippen molar-refractivity contribution in [2.45, 2.75) is 20.4 Å². The van der Waals surface area contributed by atoms with Gasteiger partial charge in [0.15, 0.2) is 5.82 Å². The minimum Gasteiger partial charge on any atom is -0.213 e. The Balaban J connectivity index is 2.47. The van der Waals surface area contributed by atoms with Gasteiger partial charge in [-0.1, -0.05) is 18.1 Å². The van der Waals surface area contributed by atoms with E-state index in [-0.39, 0.29) is 0 Å². The first-order chi connectivity index (χ1) is 7.72. The third kappa shape index (κ3) is 1.80. The van der Waals surface area contributed by atoms with Crippen LogP contribution in [0.25, 0.3) is 11.4 Å². The van der Waals surface area contributed by atoms with Crippen molar-refractivity contribution in [1.82, 2.24) is 20.2 Å². The average Bonchev–Trinajstić information content (AvgIpc) is 2.71. The van der Waals surface area contributed by atoms with E-state index in [0.29, 0.717) is 12.4 Å². The minimum absolute atomic E-state index is 0.384. The predicted molar refractivity (Wildman–Crippen MR) is 61.6 cm³/mol. The molecule has 0 spiro atoms. The molecule has 4 heteroatoms. The van der Waals surface area contributed by atoms with Crippen molar-refractivity contribution in [3.63, 3.8) is 0 Å². The molecule has 0 aliphatic carbocycles. The lowest BCUT2D eigenvalue weighted by Gasteiger charge is -2.04. The predicted octanol–water partition coefficient (Wildman–Crippen LogP) is 1.59. The van der Waals surface area contributed by atoms with Gasteiger partial charge in [0.05, 0.1) is 0 Å². The molecule has 0 saturated heterocycles. The summed E-state index contributed by atoms with van der Waals surface area (Å²) in [5.74, 6) is 3.24. The second kappa shape index (κ2) is 4.15. The zero-order valence-electron chi connectivity index (χ0n) is 9.31. The summed E-state index contributed by atoms with van der Waals surface area (Å²) in [6.45, 7) is 4.52. The number of aromatic nitrogens is 4. The molecule has 80 valence electrons. The molecule has 0 fully saturated rings. The van der Waals surface area contributed by atoms with E-state index >= 15 is 0 Å². The Morgan fingerprint density at radius 1 is 1.31 bits per heavy atom. The summed E-state index contributed by atoms with van der Waals surface area (Å²) in [5.41, 5.74) is 3.45. The van der Waals surface area contributed by atoms with Gasteiger partial charge in [-0.3, -0.25) is 0 Å². The van der Waals surface area contributed by atoms with Crippen LogP contribution >= 0.6 is 0 Å². The Hall–Kier alpha value is -2.15. The van der Waals surface area contributed by atoms with E-state index < -0.39 is 0 Å². The molecule has 0 bridgehead atoms. The zero-order chi connectivity index (χ0) is 11.5. The van der Waals surface area contributed by atoms with Crippen LogP contribution in [0.4, 0.5) is 0 Å². The molecule has 1 aromatic heterocycles. The van der Waals surface area contributed by atoms with Gasteiger partial charge in [0.2, 0.25) is 0 Å². The first-order valence-corrected chi connectivity index (χ1v) is 4.99. The summed E-state index contributed by atoms with van der Waals surface area (Å²) in [4.78, 5) is 0. The first kappa shape index (κ1) is 10.4. The number of benzene rings is 1. The minimum atomic E-state index is 0.384. The molecular formula is C12H12N4. The highest BCUT2D eigenvalue weighted by molar-refractivity contribution is 5.56. The lowest BCUT2D eigenvalue weighted by molar-refractivity contribution is 0.675. The molecule has 0 saturated carbocycles. The Labute approximate surface area is 94.3 Å². The fraction of sp³-hybridized carbons (Fsp3) is 0.250. The Bertz CT molecular complexity index is 548. The molecule has 1 heterocycles. The lowest BCUT2D eigenvalue weighted by Crippen LogP contribution is -2.01. The molecule has 2 aromatic rings. The van der Waals surface area contributed by atoms with E-state index in [0.717, 1.165) is 5.56 Å². The second-order valence-electron chi connectivity index (χ2n) is 3.66. The van der Waals surface area contributed by atoms with Crippen LogP contribution in [0, 0.1) is 26.2 Å². The molecule has 1 aromatic carbocycles. The Kier molecular flexibility index (Phi) is 2.69. The number of nitrogens with zero attached hydrogens (tertiary/aromatic N) is 4. The van der Waals surface area contributed by atoms with Crippen LogP contribution in [-0.4, -0.2) is 20.2 Å². The van der Waals surface area contributed by atoms with Crippen molar-refractivity contribution < 1.29 is 0 Å². The van der Waals surface area contributed by atoms with Crippen molar-refractivity contribution in [2.75, 3.05) is 0 Å². The van der Waals surface area contributed by atoms with Gasteiger partial charge < -0.3 is 0 Å². The summed E-state index contributed by atoms with van der Waals surface area (Å²) in [5, 5.41) is 11.5. The SMILES string of the molecule is C#CCn1nnnc1-c1ccc(C)c(C)c1. The van der Waals surface area contributed by atoms with Crippen LogP contribution in [0.1, 0.15) is 11.1 Å². The number of tetrazole rings is 1. The maximum Gasteiger partial charge on any atom is 0.182 e. The Morgan fingerprint density at radius 2 is 2.12 bits per heavy atom. The third-order valence-electron chi connectivity index (χ3n) is 2.54. The van der Waals surface area contributed by atoms with Gasteiger partial charge >= 0.3 is 0 Å². The molecular weight excluding hydrogens is 200 g/mol. The van der Waals surface area contributed by atoms with E-state index in [9.17, 15) is 0 Å². The number of hydrogen-bond donors (Lipinski definition) is 0. The fourth-order valence-electron chi connectivity index (χ4n) is 1.48. The summed E-state index contributed by atoms with van der Waals surface area (Å²) < 4.78 is 1.62. The van der Waals surface area contributed by atoms with Gasteiger partial charge in [-0.25, -0.2) is 4.68 Å². The quantitative estimate of drug-likeness (QED) is 0.710. The summed E-state index contributed by atoms with van der Waals surface area (Å²) >= 11 is 0. The molecule has 2 rings (SSSR count). The summed E-state index contributed by atoms with van der Waals surface area (Å²) in [7, 11) is 0. The molecule has 0 radical (unpaired) electrons. The van der Waals surface area contributed by atoms with Crippen LogP contribution in [0.2, 0.25) is 0 Å². The van der Waals surface area contributed by atoms with Gasteiger partial charge in [0, 0.05) is 5.56 Å². The standard InChI is InChI=1S/C12H12N4/c1-4-7-16-12(13-14-15-16)11-6-5-9(2)10(3)8-11/h1,5-6,8H,7H2,2-3H3. The van der Waals surface area contributed by atoms with Gasteiger partial charge in [-0.2, -0.15) is 0 Å². The van der Waals surface area contributed by atoms with Crippen LogP contribution in [0.15, 0.2) is 18.2 Å². The number of rotatable bonds is 2. The lowest BCUT2D eigenvalue weighted by atomic mass is 10.1. The maximum absolute atomic E-state index is 5.25. The van der Waals surface area contributed by atoms with Crippen molar-refractivity contribution in [1.29, 1.82) is 0 Å². The average molecular weight is 212 g/mol. The highest BCUT2D eigenvalue weighted by Gasteiger charge is 2.08. The molecule has 0 unspecified atom stereocenters. The number of hydrogen-bond acceptors (Lipinski definition) is 3. The van der Waals surface area contributed by atoms with Gasteiger partial charge in [0.25, 0.3) is 0 Å². The highest BCUT2D eigenvalue weighted by atomic mass is 15.5. The molecule has 0 aliphatic heterocycles. The first-order valence-electron chi connectivity index (χ1n) is 4.99. The summed E-state index contributed by atoms with van der Waals surface area (Å²) in [6, 6.07) is 6.12. The van der Waals surface area contributed by atoms with Gasteiger partial charge in [-0.15, -0.1) is 11.5 Å². The van der Waals surface area contributed by atoms with E-state index in [1.54, 1.807) is 4.68 Å². The van der Waals surface area contributed by atoms with Crippen LogP contribution in [0.3, 0.4) is 0 Å². The van der Waals surface area contributed by atoms with E-state index in [4.69, 9.17) is 6.42 Å². The zero-order valence-corrected chi connectivity index (χ0v) is 9.31. The molecule has 0 atom stereocenters. The largest absolute Gasteiger partial charge is 0.213 e. The van der Waals surface area contributed by atoms with Crippen molar-refractivity contribution in [3.8, 4) is 23.7 Å². The smallest absolute Gasteiger partial charge is 0.182 e. The normalized spacial score (nSPS) is 10.1. The van der Waals surface area contributed by atoms with Gasteiger partial charge in [0.1, 0.15) is 6.54 Å². The second-order valence-corrected chi connectivity index (χ2v) is 3.66. The van der Waals surface area contributed by atoms with Gasteiger partial charge in [-0.05, 0) is 41.5 Å². The van der Waals surface area contributed by atoms with Crippen LogP contribution < -0.4 is 0 Å². The Morgan fingerprint density at radius 3 is 2.81 bits per heavy atom. The molecule has 0 amide bonds. The molecule has 0 N–H and O–H groups in total. The number of terminal acetylenes is 1. The van der Waals surface area contributed by atoms with Crippen molar-refractivity contribution in [3.05, 3.63) is 29.3 Å². The highest BCUT2D eigenvalue weighted by Crippen LogP contribution is 2.19. The van der Waals surface area contributed by atoms with Crippen molar-refractivity contribution >= 4 is 0 Å². The van der Waals surface area contributed by atoms with Crippen LogP contribution in [-0.2, 0) is 6.54 Å². The monoisotopic (exact) mass is 212 g/mol.